The Labute approximate surface area is 60.9 Å². The molecule has 0 spiro atoms. The van der Waals surface area contributed by atoms with Crippen molar-refractivity contribution in [2.24, 2.45) is 0 Å². The van der Waals surface area contributed by atoms with Crippen LogP contribution >= 0.6 is 0 Å². The second kappa shape index (κ2) is 4.79. The van der Waals surface area contributed by atoms with Crippen LogP contribution in [0.5, 0.6) is 0 Å². The maximum absolute atomic E-state index is 10.4. The third-order valence-electron chi connectivity index (χ3n) is 0.868. The zero-order chi connectivity index (χ0) is 7.98. The smallest absolute Gasteiger partial charge is 0.194 e. The molecule has 0 saturated carbocycles. The van der Waals surface area contributed by atoms with E-state index >= 15 is 0 Å². The summed E-state index contributed by atoms with van der Waals surface area (Å²) in [7, 11) is 0. The largest absolute Gasteiger partial charge is 0.461 e. The highest BCUT2D eigenvalue weighted by molar-refractivity contribution is 5.91. The van der Waals surface area contributed by atoms with E-state index in [0.717, 1.165) is 0 Å². The van der Waals surface area contributed by atoms with Crippen LogP contribution in [0, 0.1) is 0 Å². The lowest BCUT2D eigenvalue weighted by Gasteiger charge is -1.80. The summed E-state index contributed by atoms with van der Waals surface area (Å²) < 4.78 is 4.75. The Hall–Kier alpha value is -1.05. The summed E-state index contributed by atoms with van der Waals surface area (Å²) in [5.41, 5.74) is 0. The molecule has 0 fully saturated rings. The van der Waals surface area contributed by atoms with E-state index in [-0.39, 0.29) is 5.78 Å². The molecule has 0 aliphatic carbocycles. The zero-order valence-corrected chi connectivity index (χ0v) is 6.55. The van der Waals surface area contributed by atoms with Gasteiger partial charge in [-0.2, -0.15) is 0 Å². The van der Waals surface area contributed by atoms with Crippen LogP contribution in [0.4, 0.5) is 0 Å². The van der Waals surface area contributed by atoms with Gasteiger partial charge in [-0.3, -0.25) is 4.79 Å². The third kappa shape index (κ3) is 2.49. The van der Waals surface area contributed by atoms with Crippen molar-refractivity contribution in [1.29, 1.82) is 0 Å². The van der Waals surface area contributed by atoms with E-state index in [1.54, 1.807) is 12.1 Å². The fourth-order valence-electron chi connectivity index (χ4n) is 0.479. The molecule has 2 heteroatoms. The van der Waals surface area contributed by atoms with Crippen molar-refractivity contribution >= 4 is 5.78 Å². The predicted molar refractivity (Wildman–Crippen MR) is 40.1 cm³/mol. The van der Waals surface area contributed by atoms with Gasteiger partial charge in [-0.25, -0.2) is 0 Å². The second-order valence-electron chi connectivity index (χ2n) is 1.53. The first-order valence-corrected chi connectivity index (χ1v) is 3.35. The Morgan fingerprint density at radius 3 is 2.30 bits per heavy atom. The molecular formula is C8H12O2. The number of furan rings is 1. The number of Topliss-reactive ketones (excluding diaryl/α,β-unsaturated/α-hetero) is 1. The Morgan fingerprint density at radius 2 is 2.10 bits per heavy atom. The summed E-state index contributed by atoms with van der Waals surface area (Å²) in [5.74, 6) is 0.389. The molecule has 0 aromatic carbocycles. The highest BCUT2D eigenvalue weighted by Gasteiger charge is 1.97. The summed E-state index contributed by atoms with van der Waals surface area (Å²) in [5, 5.41) is 0. The van der Waals surface area contributed by atoms with E-state index in [1.165, 1.54) is 13.2 Å². The van der Waals surface area contributed by atoms with Crippen LogP contribution in [0.25, 0.3) is 0 Å². The minimum atomic E-state index is -0.0324. The van der Waals surface area contributed by atoms with Gasteiger partial charge in [0, 0.05) is 6.92 Å². The average molecular weight is 140 g/mol. The molecule has 0 amide bonds. The van der Waals surface area contributed by atoms with Crippen molar-refractivity contribution in [2.75, 3.05) is 0 Å². The third-order valence-corrected chi connectivity index (χ3v) is 0.868. The monoisotopic (exact) mass is 140 g/mol. The predicted octanol–water partition coefficient (Wildman–Crippen LogP) is 2.51. The van der Waals surface area contributed by atoms with E-state index < -0.39 is 0 Å². The van der Waals surface area contributed by atoms with E-state index in [4.69, 9.17) is 4.42 Å². The van der Waals surface area contributed by atoms with Gasteiger partial charge in [-0.15, -0.1) is 0 Å². The maximum Gasteiger partial charge on any atom is 0.194 e. The van der Waals surface area contributed by atoms with Gasteiger partial charge < -0.3 is 4.42 Å². The molecule has 0 unspecified atom stereocenters. The van der Waals surface area contributed by atoms with Crippen molar-refractivity contribution in [1.82, 2.24) is 0 Å². The van der Waals surface area contributed by atoms with Crippen LogP contribution in [0.2, 0.25) is 0 Å². The molecule has 2 nitrogen and oxygen atoms in total. The van der Waals surface area contributed by atoms with Crippen LogP contribution in [0.1, 0.15) is 31.3 Å². The molecule has 0 saturated heterocycles. The number of rotatable bonds is 1. The van der Waals surface area contributed by atoms with Gasteiger partial charge in [0.15, 0.2) is 11.5 Å². The Kier molecular flexibility index (Phi) is 4.29. The Balaban J connectivity index is 0.000000371. The first-order valence-electron chi connectivity index (χ1n) is 3.35. The SMILES string of the molecule is CC.CC(=O)c1ccco1. The molecule has 1 aromatic rings. The summed E-state index contributed by atoms with van der Waals surface area (Å²) >= 11 is 0. The molecule has 56 valence electrons. The summed E-state index contributed by atoms with van der Waals surface area (Å²) in [6, 6.07) is 3.33. The summed E-state index contributed by atoms with van der Waals surface area (Å²) in [6.45, 7) is 5.47. The maximum atomic E-state index is 10.4. The number of ketones is 1. The van der Waals surface area contributed by atoms with Crippen LogP contribution in [-0.2, 0) is 0 Å². The number of hydrogen-bond donors (Lipinski definition) is 0. The van der Waals surface area contributed by atoms with Gasteiger partial charge in [0.1, 0.15) is 0 Å². The zero-order valence-electron chi connectivity index (χ0n) is 6.55. The van der Waals surface area contributed by atoms with E-state index in [0.29, 0.717) is 5.76 Å². The van der Waals surface area contributed by atoms with Crippen molar-refractivity contribution < 1.29 is 9.21 Å². The highest BCUT2D eigenvalue weighted by Crippen LogP contribution is 1.98. The standard InChI is InChI=1S/C6H6O2.C2H6/c1-5(7)6-3-2-4-8-6;1-2/h2-4H,1H3;1-2H3. The number of hydrogen-bond acceptors (Lipinski definition) is 2. The fourth-order valence-corrected chi connectivity index (χ4v) is 0.479. The topological polar surface area (TPSA) is 30.2 Å². The molecular weight excluding hydrogens is 128 g/mol. The van der Waals surface area contributed by atoms with Crippen molar-refractivity contribution in [2.45, 2.75) is 20.8 Å². The van der Waals surface area contributed by atoms with Crippen LogP contribution < -0.4 is 0 Å². The number of carbonyl (C=O) groups excluding carboxylic acids is 1. The molecule has 0 aliphatic rings. The summed E-state index contributed by atoms with van der Waals surface area (Å²) in [4.78, 5) is 10.4. The van der Waals surface area contributed by atoms with E-state index in [1.807, 2.05) is 13.8 Å². The first kappa shape index (κ1) is 8.95. The van der Waals surface area contributed by atoms with Crippen molar-refractivity contribution in [3.63, 3.8) is 0 Å². The van der Waals surface area contributed by atoms with Crippen LogP contribution in [0.15, 0.2) is 22.8 Å². The quantitative estimate of drug-likeness (QED) is 0.561. The fraction of sp³-hybridized carbons (Fsp3) is 0.375. The van der Waals surface area contributed by atoms with Gasteiger partial charge in [0.05, 0.1) is 6.26 Å². The average Bonchev–Trinajstić information content (AvgIpc) is 2.42. The lowest BCUT2D eigenvalue weighted by atomic mass is 10.3. The summed E-state index contributed by atoms with van der Waals surface area (Å²) in [6.07, 6.45) is 1.48. The molecule has 1 heterocycles. The lowest BCUT2D eigenvalue weighted by molar-refractivity contribution is 0.0987. The minimum absolute atomic E-state index is 0.0324. The Morgan fingerprint density at radius 1 is 1.50 bits per heavy atom. The van der Waals surface area contributed by atoms with Gasteiger partial charge >= 0.3 is 0 Å². The van der Waals surface area contributed by atoms with Gasteiger partial charge in [0.2, 0.25) is 0 Å². The lowest BCUT2D eigenvalue weighted by Crippen LogP contribution is -1.85. The molecule has 0 atom stereocenters. The normalized spacial score (nSPS) is 7.90. The van der Waals surface area contributed by atoms with Gasteiger partial charge in [-0.05, 0) is 12.1 Å². The molecule has 0 N–H and O–H groups in total. The molecule has 1 aromatic heterocycles. The van der Waals surface area contributed by atoms with Crippen molar-refractivity contribution in [3.05, 3.63) is 24.2 Å². The first-order chi connectivity index (χ1) is 4.80. The molecule has 0 radical (unpaired) electrons. The van der Waals surface area contributed by atoms with E-state index in [9.17, 15) is 4.79 Å². The molecule has 0 aliphatic heterocycles. The van der Waals surface area contributed by atoms with E-state index in [2.05, 4.69) is 0 Å². The molecule has 0 bridgehead atoms. The molecule has 1 rings (SSSR count). The van der Waals surface area contributed by atoms with Gasteiger partial charge in [-0.1, -0.05) is 13.8 Å². The Bertz CT molecular complexity index is 175. The van der Waals surface area contributed by atoms with Crippen LogP contribution in [0.3, 0.4) is 0 Å². The second-order valence-corrected chi connectivity index (χ2v) is 1.53. The van der Waals surface area contributed by atoms with Crippen molar-refractivity contribution in [3.8, 4) is 0 Å². The molecule has 10 heavy (non-hydrogen) atoms. The van der Waals surface area contributed by atoms with Gasteiger partial charge in [0.25, 0.3) is 0 Å². The highest BCUT2D eigenvalue weighted by atomic mass is 16.3. The van der Waals surface area contributed by atoms with Crippen LogP contribution in [-0.4, -0.2) is 5.78 Å². The minimum Gasteiger partial charge on any atom is -0.461 e. The number of carbonyl (C=O) groups is 1.